The van der Waals surface area contributed by atoms with Crippen LogP contribution >= 0.6 is 15.9 Å². The first-order valence-corrected chi connectivity index (χ1v) is 5.42. The van der Waals surface area contributed by atoms with E-state index in [1.54, 1.807) is 0 Å². The molecule has 0 N–H and O–H groups in total. The molecule has 2 aromatic rings. The molecule has 0 bridgehead atoms. The van der Waals surface area contributed by atoms with E-state index in [2.05, 4.69) is 44.9 Å². The molecule has 3 rings (SSSR count). The minimum absolute atomic E-state index is 1.17. The molecule has 2 heteroatoms. The van der Waals surface area contributed by atoms with E-state index in [1.165, 1.54) is 40.3 Å². The van der Waals surface area contributed by atoms with Crippen molar-refractivity contribution in [2.24, 2.45) is 0 Å². The van der Waals surface area contributed by atoms with Crippen LogP contribution in [0.4, 0.5) is 0 Å². The van der Waals surface area contributed by atoms with Gasteiger partial charge in [0.2, 0.25) is 0 Å². The zero-order valence-corrected chi connectivity index (χ0v) is 8.84. The molecular weight excluding hydrogens is 226 g/mol. The summed E-state index contributed by atoms with van der Waals surface area (Å²) in [7, 11) is 0. The quantitative estimate of drug-likeness (QED) is 0.661. The van der Waals surface area contributed by atoms with Crippen molar-refractivity contribution in [3.05, 3.63) is 34.4 Å². The van der Waals surface area contributed by atoms with Gasteiger partial charge in [-0.1, -0.05) is 18.2 Å². The first-order valence-electron chi connectivity index (χ1n) is 4.62. The minimum atomic E-state index is 1.17. The highest BCUT2D eigenvalue weighted by atomic mass is 79.9. The van der Waals surface area contributed by atoms with Crippen molar-refractivity contribution in [2.75, 3.05) is 0 Å². The smallest absolute Gasteiger partial charge is 0.0524 e. The Labute approximate surface area is 85.5 Å². The predicted octanol–water partition coefficient (Wildman–Crippen LogP) is 3.35. The Bertz CT molecular complexity index is 470. The van der Waals surface area contributed by atoms with Gasteiger partial charge < -0.3 is 4.57 Å². The lowest BCUT2D eigenvalue weighted by Crippen LogP contribution is -2.05. The van der Waals surface area contributed by atoms with Crippen LogP contribution in [0.5, 0.6) is 0 Å². The monoisotopic (exact) mass is 235 g/mol. The number of aryl methyl sites for hydroxylation is 2. The van der Waals surface area contributed by atoms with Gasteiger partial charge in [0.25, 0.3) is 0 Å². The normalized spacial score (nSPS) is 15.2. The zero-order chi connectivity index (χ0) is 8.84. The van der Waals surface area contributed by atoms with Gasteiger partial charge in [0.05, 0.1) is 5.52 Å². The summed E-state index contributed by atoms with van der Waals surface area (Å²) in [5.41, 5.74) is 2.93. The number of hydrogen-bond donors (Lipinski definition) is 0. The highest BCUT2D eigenvalue weighted by Gasteiger charge is 2.13. The van der Waals surface area contributed by atoms with Crippen LogP contribution in [0.25, 0.3) is 10.9 Å². The summed E-state index contributed by atoms with van der Waals surface area (Å²) in [4.78, 5) is 0. The molecule has 1 aliphatic rings. The highest BCUT2D eigenvalue weighted by Crippen LogP contribution is 2.31. The number of nitrogens with zero attached hydrogens (tertiary/aromatic N) is 1. The van der Waals surface area contributed by atoms with E-state index in [4.69, 9.17) is 0 Å². The van der Waals surface area contributed by atoms with Gasteiger partial charge in [-0.2, -0.15) is 0 Å². The molecule has 66 valence electrons. The second-order valence-corrected chi connectivity index (χ2v) is 4.44. The average Bonchev–Trinajstić information content (AvgIpc) is 2.47. The van der Waals surface area contributed by atoms with Crippen LogP contribution < -0.4 is 0 Å². The summed E-state index contributed by atoms with van der Waals surface area (Å²) >= 11 is 3.60. The van der Waals surface area contributed by atoms with Crippen molar-refractivity contribution >= 4 is 26.8 Å². The topological polar surface area (TPSA) is 4.93 Å². The van der Waals surface area contributed by atoms with Gasteiger partial charge in [-0.25, -0.2) is 0 Å². The maximum absolute atomic E-state index is 3.60. The third-order valence-corrected chi connectivity index (χ3v) is 3.41. The largest absolute Gasteiger partial charge is 0.346 e. The molecule has 13 heavy (non-hydrogen) atoms. The molecule has 0 fully saturated rings. The van der Waals surface area contributed by atoms with Crippen LogP contribution in [0, 0.1) is 0 Å². The maximum Gasteiger partial charge on any atom is 0.0524 e. The number of aromatic nitrogens is 1. The summed E-state index contributed by atoms with van der Waals surface area (Å²) in [6, 6.07) is 6.58. The van der Waals surface area contributed by atoms with Crippen molar-refractivity contribution in [2.45, 2.75) is 19.4 Å². The summed E-state index contributed by atoms with van der Waals surface area (Å²) in [5.74, 6) is 0. The minimum Gasteiger partial charge on any atom is -0.346 e. The Hall–Kier alpha value is -0.760. The third-order valence-electron chi connectivity index (χ3n) is 2.78. The molecule has 1 aromatic carbocycles. The molecule has 1 aliphatic heterocycles. The SMILES string of the molecule is Brc1cn2c3c(cccc13)CCC2. The van der Waals surface area contributed by atoms with E-state index in [1.807, 2.05) is 0 Å². The fourth-order valence-corrected chi connectivity index (χ4v) is 2.78. The predicted molar refractivity (Wildman–Crippen MR) is 58.0 cm³/mol. The van der Waals surface area contributed by atoms with Crippen LogP contribution in [0.3, 0.4) is 0 Å². The summed E-state index contributed by atoms with van der Waals surface area (Å²) < 4.78 is 3.59. The second kappa shape index (κ2) is 2.61. The lowest BCUT2D eigenvalue weighted by atomic mass is 10.0. The van der Waals surface area contributed by atoms with Gasteiger partial charge in [-0.05, 0) is 34.3 Å². The molecule has 0 atom stereocenters. The number of para-hydroxylation sites is 1. The maximum atomic E-state index is 3.60. The van der Waals surface area contributed by atoms with Crippen LogP contribution in [-0.4, -0.2) is 4.57 Å². The standard InChI is InChI=1S/C11H10BrN/c12-10-7-13-6-2-4-8-3-1-5-9(10)11(8)13/h1,3,5,7H,2,4,6H2. The van der Waals surface area contributed by atoms with Gasteiger partial charge in [-0.3, -0.25) is 0 Å². The fourth-order valence-electron chi connectivity index (χ4n) is 2.21. The lowest BCUT2D eigenvalue weighted by molar-refractivity contribution is 0.635. The molecule has 1 aromatic heterocycles. The molecule has 0 spiro atoms. The van der Waals surface area contributed by atoms with Gasteiger partial charge in [0.1, 0.15) is 0 Å². The van der Waals surface area contributed by atoms with E-state index in [0.717, 1.165) is 0 Å². The zero-order valence-electron chi connectivity index (χ0n) is 7.26. The molecule has 1 nitrogen and oxygen atoms in total. The highest BCUT2D eigenvalue weighted by molar-refractivity contribution is 9.10. The van der Waals surface area contributed by atoms with E-state index in [0.29, 0.717) is 0 Å². The van der Waals surface area contributed by atoms with E-state index in [-0.39, 0.29) is 0 Å². The Morgan fingerprint density at radius 1 is 1.31 bits per heavy atom. The first-order chi connectivity index (χ1) is 6.36. The average molecular weight is 236 g/mol. The van der Waals surface area contributed by atoms with Crippen LogP contribution in [0.2, 0.25) is 0 Å². The Morgan fingerprint density at radius 3 is 3.15 bits per heavy atom. The molecule has 0 saturated heterocycles. The number of rotatable bonds is 0. The van der Waals surface area contributed by atoms with Gasteiger partial charge in [-0.15, -0.1) is 0 Å². The molecule has 0 amide bonds. The van der Waals surface area contributed by atoms with E-state index in [9.17, 15) is 0 Å². The van der Waals surface area contributed by atoms with Gasteiger partial charge in [0, 0.05) is 22.6 Å². The summed E-state index contributed by atoms with van der Waals surface area (Å²) in [5, 5.41) is 1.36. The third kappa shape index (κ3) is 0.983. The molecular formula is C11H10BrN. The second-order valence-electron chi connectivity index (χ2n) is 3.59. The van der Waals surface area contributed by atoms with Crippen LogP contribution in [0.1, 0.15) is 12.0 Å². The summed E-state index contributed by atoms with van der Waals surface area (Å²) in [6.07, 6.45) is 4.70. The summed E-state index contributed by atoms with van der Waals surface area (Å²) in [6.45, 7) is 1.17. The number of hydrogen-bond acceptors (Lipinski definition) is 0. The fraction of sp³-hybridized carbons (Fsp3) is 0.273. The van der Waals surface area contributed by atoms with E-state index < -0.39 is 0 Å². The van der Waals surface area contributed by atoms with E-state index >= 15 is 0 Å². The number of halogens is 1. The van der Waals surface area contributed by atoms with Crippen molar-refractivity contribution in [1.29, 1.82) is 0 Å². The van der Waals surface area contributed by atoms with Crippen molar-refractivity contribution in [1.82, 2.24) is 4.57 Å². The first kappa shape index (κ1) is 7.63. The molecule has 2 heterocycles. The molecule has 0 aliphatic carbocycles. The number of benzene rings is 1. The molecule has 0 saturated carbocycles. The van der Waals surface area contributed by atoms with Crippen molar-refractivity contribution < 1.29 is 0 Å². The Balaban J connectivity index is 2.51. The molecule has 0 radical (unpaired) electrons. The van der Waals surface area contributed by atoms with Gasteiger partial charge >= 0.3 is 0 Å². The van der Waals surface area contributed by atoms with Crippen LogP contribution in [-0.2, 0) is 13.0 Å². The Morgan fingerprint density at radius 2 is 2.23 bits per heavy atom. The van der Waals surface area contributed by atoms with Crippen LogP contribution in [0.15, 0.2) is 28.9 Å². The van der Waals surface area contributed by atoms with Gasteiger partial charge in [0.15, 0.2) is 0 Å². The van der Waals surface area contributed by atoms with Crippen molar-refractivity contribution in [3.8, 4) is 0 Å². The lowest BCUT2D eigenvalue weighted by Gasteiger charge is -2.14. The van der Waals surface area contributed by atoms with Crippen molar-refractivity contribution in [3.63, 3.8) is 0 Å². The Kier molecular flexibility index (Phi) is 1.53. The molecule has 0 unspecified atom stereocenters.